The van der Waals surface area contributed by atoms with Crippen LogP contribution in [0.1, 0.15) is 5.82 Å². The molecular weight excluding hydrogens is 434 g/mol. The lowest BCUT2D eigenvalue weighted by molar-refractivity contribution is 0.127. The summed E-state index contributed by atoms with van der Waals surface area (Å²) in [5.41, 5.74) is 8.78. The maximum Gasteiger partial charge on any atom is 0.256 e. The maximum atomic E-state index is 14.2. The van der Waals surface area contributed by atoms with E-state index in [4.69, 9.17) is 13.6 Å². The van der Waals surface area contributed by atoms with Crippen LogP contribution in [-0.4, -0.2) is 80.7 Å². The quantitative estimate of drug-likeness (QED) is 0.436. The number of nitrogens with one attached hydrogen (secondary N) is 1. The number of hydrogen-bond acceptors (Lipinski definition) is 7. The van der Waals surface area contributed by atoms with Crippen molar-refractivity contribution in [3.63, 3.8) is 0 Å². The van der Waals surface area contributed by atoms with Gasteiger partial charge in [0.2, 0.25) is 5.95 Å². The lowest BCUT2D eigenvalue weighted by Gasteiger charge is -2.15. The summed E-state index contributed by atoms with van der Waals surface area (Å²) < 4.78 is 43.1. The summed E-state index contributed by atoms with van der Waals surface area (Å²) in [6.45, 7) is 1.97. The lowest BCUT2D eigenvalue weighted by atomic mass is 10.0. The second-order valence-corrected chi connectivity index (χ2v) is 8.25. The number of imidazole rings is 1. The molecule has 2 atom stereocenters. The number of likely N-dealkylation sites (N-methyl/N-ethyl adjacent to an activating group) is 1. The van der Waals surface area contributed by atoms with Crippen LogP contribution in [0.3, 0.4) is 0 Å². The number of halogens is 3. The van der Waals surface area contributed by atoms with Crippen molar-refractivity contribution in [3.05, 3.63) is 24.0 Å². The van der Waals surface area contributed by atoms with Crippen LogP contribution in [0.5, 0.6) is 0 Å². The number of alkyl halides is 3. The van der Waals surface area contributed by atoms with Crippen LogP contribution >= 0.6 is 0 Å². The average Bonchev–Trinajstić information content (AvgIpc) is 3.35. The van der Waals surface area contributed by atoms with E-state index in [9.17, 15) is 13.2 Å². The highest BCUT2D eigenvalue weighted by Gasteiger charge is 2.31. The number of anilines is 2. The molecule has 5 heterocycles. The molecule has 0 spiro atoms. The van der Waals surface area contributed by atoms with Gasteiger partial charge in [-0.05, 0) is 37.8 Å². The van der Waals surface area contributed by atoms with E-state index in [0.717, 1.165) is 0 Å². The van der Waals surface area contributed by atoms with Gasteiger partial charge in [-0.15, -0.1) is 5.10 Å². The second-order valence-electron chi connectivity index (χ2n) is 8.25. The highest BCUT2D eigenvalue weighted by molar-refractivity contribution is 6.32. The van der Waals surface area contributed by atoms with Crippen LogP contribution in [0.25, 0.3) is 27.9 Å². The molecule has 170 valence electrons. The largest absolute Gasteiger partial charge is 0.382 e. The van der Waals surface area contributed by atoms with E-state index in [1.165, 1.54) is 9.08 Å². The first-order valence-electron chi connectivity index (χ1n) is 10.4. The first kappa shape index (κ1) is 21.5. The van der Waals surface area contributed by atoms with E-state index < -0.39 is 25.2 Å². The van der Waals surface area contributed by atoms with Gasteiger partial charge in [-0.25, -0.2) is 27.7 Å². The summed E-state index contributed by atoms with van der Waals surface area (Å²) in [4.78, 5) is 15.0. The van der Waals surface area contributed by atoms with E-state index in [-0.39, 0.29) is 17.4 Å². The molecule has 0 aliphatic carbocycles. The molecule has 1 saturated heterocycles. The van der Waals surface area contributed by atoms with E-state index in [0.29, 0.717) is 46.9 Å². The Balaban J connectivity index is 1.57. The molecule has 33 heavy (non-hydrogen) atoms. The number of aryl methyl sites for hydroxylation is 1. The maximum absolute atomic E-state index is 14.2. The Morgan fingerprint density at radius 3 is 2.73 bits per heavy atom. The van der Waals surface area contributed by atoms with Crippen molar-refractivity contribution in [2.75, 3.05) is 31.2 Å². The second kappa shape index (κ2) is 7.90. The van der Waals surface area contributed by atoms with Gasteiger partial charge in [-0.1, -0.05) is 0 Å². The van der Waals surface area contributed by atoms with Gasteiger partial charge in [0.25, 0.3) is 6.43 Å². The molecule has 0 amide bonds. The highest BCUT2D eigenvalue weighted by atomic mass is 19.3. The van der Waals surface area contributed by atoms with Crippen molar-refractivity contribution in [1.29, 1.82) is 0 Å². The summed E-state index contributed by atoms with van der Waals surface area (Å²) in [6.07, 6.45) is -3.61. The van der Waals surface area contributed by atoms with Gasteiger partial charge in [0.1, 0.15) is 30.9 Å². The minimum atomic E-state index is -2.55. The first-order chi connectivity index (χ1) is 15.7. The van der Waals surface area contributed by atoms with E-state index in [1.807, 2.05) is 11.9 Å². The Morgan fingerprint density at radius 1 is 1.24 bits per heavy atom. The van der Waals surface area contributed by atoms with Crippen LogP contribution in [-0.2, 0) is 6.54 Å². The normalized spacial score (nSPS) is 19.3. The van der Waals surface area contributed by atoms with Gasteiger partial charge >= 0.3 is 0 Å². The molecule has 3 N–H and O–H groups in total. The number of nitrogens with zero attached hydrogens (tertiary/aromatic N) is 7. The third kappa shape index (κ3) is 3.75. The van der Waals surface area contributed by atoms with Gasteiger partial charge in [0.05, 0.1) is 18.3 Å². The summed E-state index contributed by atoms with van der Waals surface area (Å²) in [5, 5.41) is 7.38. The van der Waals surface area contributed by atoms with Crippen LogP contribution in [0.2, 0.25) is 0 Å². The zero-order valence-corrected chi connectivity index (χ0v) is 18.0. The number of hydrogen-bond donors (Lipinski definition) is 2. The van der Waals surface area contributed by atoms with Gasteiger partial charge < -0.3 is 20.5 Å². The predicted molar refractivity (Wildman–Crippen MR) is 120 cm³/mol. The molecule has 5 rings (SSSR count). The molecule has 0 saturated carbocycles. The number of rotatable bonds is 5. The molecule has 1 aliphatic heterocycles. The summed E-state index contributed by atoms with van der Waals surface area (Å²) in [5.74, 6) is 0.726. The van der Waals surface area contributed by atoms with Crippen molar-refractivity contribution in [3.8, 4) is 11.3 Å². The number of aromatic nitrogens is 6. The van der Waals surface area contributed by atoms with Crippen LogP contribution in [0.15, 0.2) is 18.2 Å². The predicted octanol–water partition coefficient (Wildman–Crippen LogP) is 1.15. The zero-order chi connectivity index (χ0) is 23.4. The number of nitrogens with two attached hydrogens (primary N) is 1. The topological polar surface area (TPSA) is 102 Å². The fourth-order valence-corrected chi connectivity index (χ4v) is 4.29. The van der Waals surface area contributed by atoms with Crippen LogP contribution < -0.4 is 16.6 Å². The number of pyridine rings is 1. The van der Waals surface area contributed by atoms with Crippen molar-refractivity contribution >= 4 is 41.9 Å². The molecule has 4 aromatic heterocycles. The van der Waals surface area contributed by atoms with Crippen molar-refractivity contribution < 1.29 is 13.2 Å². The SMILES string of the molecule is [B]c1cc(-c2ccc3nc(C)n(CC(F)F)c3n2)c2c(N)nc(NC3CN(C)C[C@@H]3F)nn12. The number of fused-ring (bicyclic) bond motifs is 2. The van der Waals surface area contributed by atoms with E-state index in [2.05, 4.69) is 25.4 Å². The summed E-state index contributed by atoms with van der Waals surface area (Å²) >= 11 is 0. The Kier molecular flexibility index (Phi) is 5.15. The fraction of sp³-hybridized carbons (Fsp3) is 0.400. The zero-order valence-electron chi connectivity index (χ0n) is 18.0. The molecule has 1 aliphatic rings. The smallest absolute Gasteiger partial charge is 0.256 e. The van der Waals surface area contributed by atoms with Crippen LogP contribution in [0.4, 0.5) is 24.9 Å². The molecule has 1 unspecified atom stereocenters. The molecule has 4 aromatic rings. The number of likely N-dealkylation sites (tertiary alicyclic amines) is 1. The van der Waals surface area contributed by atoms with Gasteiger partial charge in [-0.2, -0.15) is 4.98 Å². The minimum absolute atomic E-state index is 0.125. The molecule has 0 bridgehead atoms. The van der Waals surface area contributed by atoms with Crippen molar-refractivity contribution in [2.24, 2.45) is 0 Å². The Hall–Kier alpha value is -3.35. The van der Waals surface area contributed by atoms with Gasteiger partial charge in [0, 0.05) is 18.7 Å². The Morgan fingerprint density at radius 2 is 2.03 bits per heavy atom. The molecule has 1 fully saturated rings. The van der Waals surface area contributed by atoms with Crippen molar-refractivity contribution in [2.45, 2.75) is 32.1 Å². The molecular formula is C20H21BF3N9. The molecule has 2 radical (unpaired) electrons. The molecule has 13 heteroatoms. The monoisotopic (exact) mass is 455 g/mol. The minimum Gasteiger partial charge on any atom is -0.382 e. The average molecular weight is 455 g/mol. The number of nitrogen functional groups attached to an aromatic ring is 1. The third-order valence-electron chi connectivity index (χ3n) is 5.79. The summed E-state index contributed by atoms with van der Waals surface area (Å²) in [7, 11) is 8.02. The van der Waals surface area contributed by atoms with Crippen molar-refractivity contribution in [1.82, 2.24) is 34.0 Å². The van der Waals surface area contributed by atoms with Gasteiger partial charge in [-0.3, -0.25) is 0 Å². The Labute approximate surface area is 188 Å². The first-order valence-corrected chi connectivity index (χ1v) is 10.4. The summed E-state index contributed by atoms with van der Waals surface area (Å²) in [6, 6.07) is 4.59. The molecule has 9 nitrogen and oxygen atoms in total. The standard InChI is InChI=1S/C20H21BF3N9/c1-9-26-13-4-3-12(27-19(13)32(9)8-16(23)24)10-5-15(21)33-17(10)18(25)29-20(30-33)28-14-7-31(2)6-11(14)22/h3-5,11,14,16H,6-8H2,1-2H3,(H3,25,28,29,30)/t11-,14?/m0/s1. The van der Waals surface area contributed by atoms with E-state index in [1.54, 1.807) is 25.1 Å². The fourth-order valence-electron chi connectivity index (χ4n) is 4.29. The van der Waals surface area contributed by atoms with E-state index >= 15 is 0 Å². The third-order valence-corrected chi connectivity index (χ3v) is 5.79. The molecule has 0 aromatic carbocycles. The lowest BCUT2D eigenvalue weighted by Crippen LogP contribution is -2.31. The van der Waals surface area contributed by atoms with Crippen LogP contribution in [0, 0.1) is 6.92 Å². The Bertz CT molecular complexity index is 1350. The highest BCUT2D eigenvalue weighted by Crippen LogP contribution is 2.29. The van der Waals surface area contributed by atoms with Gasteiger partial charge in [0.15, 0.2) is 11.5 Å².